The van der Waals surface area contributed by atoms with Crippen LogP contribution in [0.15, 0.2) is 42.6 Å². The Morgan fingerprint density at radius 1 is 1.04 bits per heavy atom. The Kier molecular flexibility index (Phi) is 4.54. The van der Waals surface area contributed by atoms with Gasteiger partial charge in [-0.25, -0.2) is 4.98 Å². The molecule has 0 amide bonds. The number of nitrogens with zero attached hydrogens (tertiary/aromatic N) is 4. The van der Waals surface area contributed by atoms with Gasteiger partial charge in [-0.3, -0.25) is 9.88 Å². The van der Waals surface area contributed by atoms with Gasteiger partial charge < -0.3 is 4.90 Å². The van der Waals surface area contributed by atoms with Crippen molar-refractivity contribution < 1.29 is 13.2 Å². The predicted molar refractivity (Wildman–Crippen MR) is 96.3 cm³/mol. The summed E-state index contributed by atoms with van der Waals surface area (Å²) in [6.07, 6.45) is -3.17. The molecule has 0 unspecified atom stereocenters. The molecule has 0 N–H and O–H groups in total. The zero-order chi connectivity index (χ0) is 18.1. The second-order valence-corrected chi connectivity index (χ2v) is 7.28. The van der Waals surface area contributed by atoms with Crippen molar-refractivity contribution in [2.45, 2.75) is 12.7 Å². The molecule has 0 radical (unpaired) electrons. The monoisotopic (exact) mass is 378 g/mol. The highest BCUT2D eigenvalue weighted by atomic mass is 32.1. The summed E-state index contributed by atoms with van der Waals surface area (Å²) in [5, 5.41) is 1.01. The van der Waals surface area contributed by atoms with Crippen LogP contribution in [0.1, 0.15) is 11.3 Å². The average molecular weight is 378 g/mol. The number of rotatable bonds is 3. The van der Waals surface area contributed by atoms with Gasteiger partial charge in [0.2, 0.25) is 0 Å². The first-order valence-corrected chi connectivity index (χ1v) is 9.16. The molecule has 26 heavy (non-hydrogen) atoms. The fourth-order valence-electron chi connectivity index (χ4n) is 3.08. The predicted octanol–water partition coefficient (Wildman–Crippen LogP) is 4.03. The van der Waals surface area contributed by atoms with Crippen LogP contribution < -0.4 is 4.90 Å². The van der Waals surface area contributed by atoms with Crippen LogP contribution in [-0.2, 0) is 12.7 Å². The van der Waals surface area contributed by atoms with Gasteiger partial charge in [0.1, 0.15) is 5.69 Å². The lowest BCUT2D eigenvalue weighted by atomic mass is 10.2. The second-order valence-electron chi connectivity index (χ2n) is 6.27. The van der Waals surface area contributed by atoms with Crippen molar-refractivity contribution in [2.75, 3.05) is 31.1 Å². The first-order valence-electron chi connectivity index (χ1n) is 8.34. The van der Waals surface area contributed by atoms with Gasteiger partial charge in [-0.05, 0) is 29.8 Å². The van der Waals surface area contributed by atoms with Crippen LogP contribution in [-0.4, -0.2) is 41.0 Å². The van der Waals surface area contributed by atoms with E-state index in [4.69, 9.17) is 0 Å². The molecular weight excluding hydrogens is 361 g/mol. The van der Waals surface area contributed by atoms with E-state index in [9.17, 15) is 13.2 Å². The average Bonchev–Trinajstić information content (AvgIpc) is 3.06. The molecule has 0 aliphatic carbocycles. The molecule has 2 aromatic heterocycles. The smallest absolute Gasteiger partial charge is 0.345 e. The van der Waals surface area contributed by atoms with E-state index < -0.39 is 11.9 Å². The third-order valence-electron chi connectivity index (χ3n) is 4.45. The van der Waals surface area contributed by atoms with Crippen molar-refractivity contribution in [3.05, 3.63) is 53.9 Å². The van der Waals surface area contributed by atoms with Gasteiger partial charge in [-0.2, -0.15) is 13.2 Å². The Balaban J connectivity index is 1.39. The highest BCUT2D eigenvalue weighted by Crippen LogP contribution is 2.30. The first kappa shape index (κ1) is 17.2. The van der Waals surface area contributed by atoms with Gasteiger partial charge in [0.25, 0.3) is 0 Å². The highest BCUT2D eigenvalue weighted by Gasteiger charge is 2.32. The molecule has 0 bridgehead atoms. The number of anilines is 1. The van der Waals surface area contributed by atoms with E-state index in [1.54, 1.807) is 17.4 Å². The zero-order valence-corrected chi connectivity index (χ0v) is 14.7. The normalized spacial score (nSPS) is 16.3. The molecule has 1 fully saturated rings. The molecule has 3 aromatic rings. The number of alkyl halides is 3. The Labute approximate surface area is 152 Å². The standard InChI is InChI=1S/C18H17F3N4S/c19-18(20,21)16-11-13(5-6-22-16)12-24-7-9-25(10-8-24)17-23-14-3-1-2-4-15(14)26-17/h1-6,11H,7-10,12H2. The highest BCUT2D eigenvalue weighted by molar-refractivity contribution is 7.22. The lowest BCUT2D eigenvalue weighted by Crippen LogP contribution is -2.45. The maximum absolute atomic E-state index is 12.8. The summed E-state index contributed by atoms with van der Waals surface area (Å²) < 4.78 is 39.5. The first-order chi connectivity index (χ1) is 12.5. The zero-order valence-electron chi connectivity index (χ0n) is 13.9. The third-order valence-corrected chi connectivity index (χ3v) is 5.54. The van der Waals surface area contributed by atoms with E-state index >= 15 is 0 Å². The Hall–Kier alpha value is -2.19. The van der Waals surface area contributed by atoms with Crippen LogP contribution in [0.2, 0.25) is 0 Å². The molecule has 1 aromatic carbocycles. The molecule has 1 saturated heterocycles. The largest absolute Gasteiger partial charge is 0.433 e. The molecule has 8 heteroatoms. The van der Waals surface area contributed by atoms with E-state index in [0.29, 0.717) is 12.1 Å². The third kappa shape index (κ3) is 3.66. The minimum atomic E-state index is -4.40. The maximum Gasteiger partial charge on any atom is 0.433 e. The number of thiazole rings is 1. The molecule has 1 aliphatic rings. The fraction of sp³-hybridized carbons (Fsp3) is 0.333. The van der Waals surface area contributed by atoms with Crippen molar-refractivity contribution >= 4 is 26.7 Å². The summed E-state index contributed by atoms with van der Waals surface area (Å²) in [4.78, 5) is 12.5. The molecule has 4 rings (SSSR count). The van der Waals surface area contributed by atoms with E-state index in [2.05, 4.69) is 25.8 Å². The van der Waals surface area contributed by atoms with Gasteiger partial charge in [-0.15, -0.1) is 0 Å². The van der Waals surface area contributed by atoms with Crippen LogP contribution in [0.5, 0.6) is 0 Å². The summed E-state index contributed by atoms with van der Waals surface area (Å²) in [6.45, 7) is 3.71. The molecule has 0 saturated carbocycles. The van der Waals surface area contributed by atoms with Crippen LogP contribution in [0.4, 0.5) is 18.3 Å². The number of halogens is 3. The number of fused-ring (bicyclic) bond motifs is 1. The van der Waals surface area contributed by atoms with Gasteiger partial charge in [0.05, 0.1) is 10.2 Å². The minimum absolute atomic E-state index is 0.499. The maximum atomic E-state index is 12.8. The lowest BCUT2D eigenvalue weighted by molar-refractivity contribution is -0.141. The Morgan fingerprint density at radius 2 is 1.81 bits per heavy atom. The van der Waals surface area contributed by atoms with Crippen LogP contribution >= 0.6 is 11.3 Å². The van der Waals surface area contributed by atoms with Crippen molar-refractivity contribution in [3.8, 4) is 0 Å². The SMILES string of the molecule is FC(F)(F)c1cc(CN2CCN(c3nc4ccccc4s3)CC2)ccn1. The Bertz CT molecular complexity index is 868. The van der Waals surface area contributed by atoms with Gasteiger partial charge in [0, 0.05) is 38.9 Å². The van der Waals surface area contributed by atoms with E-state index in [0.717, 1.165) is 42.9 Å². The number of pyridine rings is 1. The summed E-state index contributed by atoms with van der Waals surface area (Å²) in [6, 6.07) is 10.8. The van der Waals surface area contributed by atoms with Crippen LogP contribution in [0.3, 0.4) is 0 Å². The minimum Gasteiger partial charge on any atom is -0.345 e. The molecule has 4 nitrogen and oxygen atoms in total. The summed E-state index contributed by atoms with van der Waals surface area (Å²) in [5.74, 6) is 0. The number of aromatic nitrogens is 2. The number of piperazine rings is 1. The Morgan fingerprint density at radius 3 is 2.54 bits per heavy atom. The van der Waals surface area contributed by atoms with Crippen LogP contribution in [0.25, 0.3) is 10.2 Å². The van der Waals surface area contributed by atoms with Crippen molar-refractivity contribution in [1.82, 2.24) is 14.9 Å². The molecule has 0 atom stereocenters. The molecular formula is C18H17F3N4S. The second kappa shape index (κ2) is 6.85. The molecule has 0 spiro atoms. The molecule has 136 valence electrons. The topological polar surface area (TPSA) is 32.3 Å². The fourth-order valence-corrected chi connectivity index (χ4v) is 4.10. The van der Waals surface area contributed by atoms with Gasteiger partial charge >= 0.3 is 6.18 Å². The summed E-state index contributed by atoms with van der Waals surface area (Å²) >= 11 is 1.68. The molecule has 3 heterocycles. The van der Waals surface area contributed by atoms with E-state index in [-0.39, 0.29) is 0 Å². The van der Waals surface area contributed by atoms with Crippen molar-refractivity contribution in [2.24, 2.45) is 0 Å². The van der Waals surface area contributed by atoms with Crippen molar-refractivity contribution in [3.63, 3.8) is 0 Å². The number of hydrogen-bond acceptors (Lipinski definition) is 5. The summed E-state index contributed by atoms with van der Waals surface area (Å²) in [7, 11) is 0. The van der Waals surface area contributed by atoms with Crippen molar-refractivity contribution in [1.29, 1.82) is 0 Å². The van der Waals surface area contributed by atoms with Gasteiger partial charge in [-0.1, -0.05) is 23.5 Å². The quantitative estimate of drug-likeness (QED) is 0.689. The number of hydrogen-bond donors (Lipinski definition) is 0. The number of para-hydroxylation sites is 1. The van der Waals surface area contributed by atoms with E-state index in [1.807, 2.05) is 18.2 Å². The summed E-state index contributed by atoms with van der Waals surface area (Å²) in [5.41, 5.74) is 0.815. The molecule has 1 aliphatic heterocycles. The lowest BCUT2D eigenvalue weighted by Gasteiger charge is -2.34. The van der Waals surface area contributed by atoms with Gasteiger partial charge in [0.15, 0.2) is 5.13 Å². The van der Waals surface area contributed by atoms with Crippen LogP contribution in [0, 0.1) is 0 Å². The van der Waals surface area contributed by atoms with E-state index in [1.165, 1.54) is 10.9 Å². The number of benzene rings is 1.